The van der Waals surface area contributed by atoms with Crippen molar-refractivity contribution in [1.29, 1.82) is 0 Å². The Kier molecular flexibility index (Phi) is 4.76. The minimum Gasteiger partial charge on any atom is -0.462 e. The van der Waals surface area contributed by atoms with Crippen molar-refractivity contribution < 1.29 is 27.8 Å². The smallest absolute Gasteiger partial charge is 0.341 e. The Labute approximate surface area is 103 Å². The number of esters is 2. The summed E-state index contributed by atoms with van der Waals surface area (Å²) in [5.41, 5.74) is -1.11. The zero-order chi connectivity index (χ0) is 13.7. The number of hydrogen-bond acceptors (Lipinski definition) is 4. The van der Waals surface area contributed by atoms with Crippen LogP contribution in [0.25, 0.3) is 0 Å². The van der Waals surface area contributed by atoms with E-state index in [4.69, 9.17) is 0 Å². The summed E-state index contributed by atoms with van der Waals surface area (Å²) >= 11 is 0. The quantitative estimate of drug-likeness (QED) is 0.778. The van der Waals surface area contributed by atoms with Gasteiger partial charge in [-0.05, 0) is 26.0 Å². The monoisotopic (exact) mass is 258 g/mol. The first-order chi connectivity index (χ1) is 8.52. The van der Waals surface area contributed by atoms with Crippen molar-refractivity contribution in [3.05, 3.63) is 34.9 Å². The number of benzene rings is 1. The number of carbonyl (C=O) groups is 2. The van der Waals surface area contributed by atoms with Gasteiger partial charge in [-0.25, -0.2) is 18.4 Å². The second kappa shape index (κ2) is 6.09. The van der Waals surface area contributed by atoms with Crippen LogP contribution in [-0.2, 0) is 9.47 Å². The van der Waals surface area contributed by atoms with Crippen molar-refractivity contribution in [3.63, 3.8) is 0 Å². The molecule has 0 aliphatic rings. The van der Waals surface area contributed by atoms with Crippen LogP contribution in [0, 0.1) is 11.6 Å². The summed E-state index contributed by atoms with van der Waals surface area (Å²) in [5.74, 6) is -4.80. The van der Waals surface area contributed by atoms with Crippen LogP contribution in [0.1, 0.15) is 34.6 Å². The molecule has 0 N–H and O–H groups in total. The Morgan fingerprint density at radius 2 is 1.28 bits per heavy atom. The van der Waals surface area contributed by atoms with Gasteiger partial charge in [-0.3, -0.25) is 0 Å². The zero-order valence-corrected chi connectivity index (χ0v) is 9.96. The summed E-state index contributed by atoms with van der Waals surface area (Å²) in [6.07, 6.45) is 0. The second-order valence-electron chi connectivity index (χ2n) is 3.23. The Morgan fingerprint density at radius 3 is 1.56 bits per heavy atom. The fraction of sp³-hybridized carbons (Fsp3) is 0.333. The molecule has 0 saturated carbocycles. The van der Waals surface area contributed by atoms with E-state index >= 15 is 0 Å². The molecule has 0 heterocycles. The third-order valence-corrected chi connectivity index (χ3v) is 2.07. The molecule has 1 aromatic carbocycles. The highest BCUT2D eigenvalue weighted by atomic mass is 19.2. The molecular formula is C12H12F2O4. The fourth-order valence-electron chi connectivity index (χ4n) is 1.28. The molecule has 1 rings (SSSR count). The number of hydrogen-bond donors (Lipinski definition) is 0. The predicted molar refractivity (Wildman–Crippen MR) is 58.3 cm³/mol. The van der Waals surface area contributed by atoms with Crippen LogP contribution in [0.3, 0.4) is 0 Å². The standard InChI is InChI=1S/C12H12F2O4/c1-3-17-11(15)7-5-6-8(10(14)9(7)13)12(16)18-4-2/h5-6H,3-4H2,1-2H3. The maximum absolute atomic E-state index is 13.6. The first kappa shape index (κ1) is 14.1. The fourth-order valence-corrected chi connectivity index (χ4v) is 1.28. The second-order valence-corrected chi connectivity index (χ2v) is 3.23. The van der Waals surface area contributed by atoms with Crippen molar-refractivity contribution in [2.24, 2.45) is 0 Å². The Hall–Kier alpha value is -1.98. The first-order valence-electron chi connectivity index (χ1n) is 5.35. The van der Waals surface area contributed by atoms with Crippen molar-refractivity contribution >= 4 is 11.9 Å². The van der Waals surface area contributed by atoms with Gasteiger partial charge in [0.25, 0.3) is 0 Å². The number of halogens is 2. The molecule has 6 heteroatoms. The average Bonchev–Trinajstić information content (AvgIpc) is 2.33. The molecule has 0 unspecified atom stereocenters. The van der Waals surface area contributed by atoms with Gasteiger partial charge in [0.1, 0.15) is 0 Å². The molecular weight excluding hydrogens is 246 g/mol. The lowest BCUT2D eigenvalue weighted by atomic mass is 10.1. The van der Waals surface area contributed by atoms with Gasteiger partial charge in [0, 0.05) is 0 Å². The molecule has 0 atom stereocenters. The maximum Gasteiger partial charge on any atom is 0.341 e. The lowest BCUT2D eigenvalue weighted by Crippen LogP contribution is -2.13. The van der Waals surface area contributed by atoms with E-state index < -0.39 is 34.7 Å². The number of rotatable bonds is 4. The molecule has 0 spiro atoms. The van der Waals surface area contributed by atoms with Crippen molar-refractivity contribution in [2.45, 2.75) is 13.8 Å². The molecule has 0 radical (unpaired) electrons. The van der Waals surface area contributed by atoms with Crippen LogP contribution >= 0.6 is 0 Å². The molecule has 0 aliphatic heterocycles. The van der Waals surface area contributed by atoms with E-state index in [1.54, 1.807) is 13.8 Å². The minimum absolute atomic E-state index is 0.0412. The van der Waals surface area contributed by atoms with Gasteiger partial charge >= 0.3 is 11.9 Å². The molecule has 1 aromatic rings. The van der Waals surface area contributed by atoms with E-state index in [0.717, 1.165) is 12.1 Å². The highest BCUT2D eigenvalue weighted by Crippen LogP contribution is 2.18. The lowest BCUT2D eigenvalue weighted by Gasteiger charge is -2.07. The van der Waals surface area contributed by atoms with Gasteiger partial charge in [0.05, 0.1) is 24.3 Å². The van der Waals surface area contributed by atoms with Crippen LogP contribution in [0.15, 0.2) is 12.1 Å². The van der Waals surface area contributed by atoms with Crippen LogP contribution in [0.2, 0.25) is 0 Å². The lowest BCUT2D eigenvalue weighted by molar-refractivity contribution is 0.0500. The van der Waals surface area contributed by atoms with Crippen molar-refractivity contribution in [3.8, 4) is 0 Å². The van der Waals surface area contributed by atoms with Gasteiger partial charge in [0.2, 0.25) is 0 Å². The molecule has 0 fully saturated rings. The topological polar surface area (TPSA) is 52.6 Å². The van der Waals surface area contributed by atoms with Gasteiger partial charge in [-0.1, -0.05) is 0 Å². The molecule has 0 aliphatic carbocycles. The third kappa shape index (κ3) is 2.82. The highest BCUT2D eigenvalue weighted by Gasteiger charge is 2.23. The summed E-state index contributed by atoms with van der Waals surface area (Å²) in [4.78, 5) is 22.6. The number of ether oxygens (including phenoxy) is 2. The van der Waals surface area contributed by atoms with Crippen LogP contribution in [0.4, 0.5) is 8.78 Å². The SMILES string of the molecule is CCOC(=O)c1ccc(C(=O)OCC)c(F)c1F. The molecule has 0 saturated heterocycles. The molecule has 0 amide bonds. The molecule has 98 valence electrons. The van der Waals surface area contributed by atoms with Crippen molar-refractivity contribution in [2.75, 3.05) is 13.2 Å². The normalized spacial score (nSPS) is 10.0. The van der Waals surface area contributed by atoms with E-state index in [0.29, 0.717) is 0 Å². The van der Waals surface area contributed by atoms with Gasteiger partial charge in [-0.15, -0.1) is 0 Å². The Balaban J connectivity index is 3.12. The number of carbonyl (C=O) groups excluding carboxylic acids is 2. The van der Waals surface area contributed by atoms with Gasteiger partial charge in [0.15, 0.2) is 11.6 Å². The molecule has 0 bridgehead atoms. The Bertz CT molecular complexity index is 428. The van der Waals surface area contributed by atoms with Gasteiger partial charge < -0.3 is 9.47 Å². The first-order valence-corrected chi connectivity index (χ1v) is 5.35. The summed E-state index contributed by atoms with van der Waals surface area (Å²) in [5, 5.41) is 0. The molecule has 0 aromatic heterocycles. The van der Waals surface area contributed by atoms with Crippen LogP contribution in [0.5, 0.6) is 0 Å². The van der Waals surface area contributed by atoms with E-state index in [2.05, 4.69) is 9.47 Å². The Morgan fingerprint density at radius 1 is 0.944 bits per heavy atom. The minimum atomic E-state index is -1.42. The average molecular weight is 258 g/mol. The summed E-state index contributed by atoms with van der Waals surface area (Å²) in [6, 6.07) is 1.98. The van der Waals surface area contributed by atoms with Gasteiger partial charge in [-0.2, -0.15) is 0 Å². The zero-order valence-electron chi connectivity index (χ0n) is 9.96. The van der Waals surface area contributed by atoms with Crippen molar-refractivity contribution in [1.82, 2.24) is 0 Å². The van der Waals surface area contributed by atoms with E-state index in [1.165, 1.54) is 0 Å². The molecule has 4 nitrogen and oxygen atoms in total. The van der Waals surface area contributed by atoms with Crippen LogP contribution < -0.4 is 0 Å². The molecule has 18 heavy (non-hydrogen) atoms. The summed E-state index contributed by atoms with van der Waals surface area (Å²) in [7, 11) is 0. The maximum atomic E-state index is 13.6. The summed E-state index contributed by atoms with van der Waals surface area (Å²) < 4.78 is 36.2. The van der Waals surface area contributed by atoms with E-state index in [-0.39, 0.29) is 13.2 Å². The highest BCUT2D eigenvalue weighted by molar-refractivity contribution is 5.93. The summed E-state index contributed by atoms with van der Waals surface area (Å²) in [6.45, 7) is 3.16. The van der Waals surface area contributed by atoms with Crippen LogP contribution in [-0.4, -0.2) is 25.2 Å². The van der Waals surface area contributed by atoms with E-state index in [1.807, 2.05) is 0 Å². The predicted octanol–water partition coefficient (Wildman–Crippen LogP) is 2.32. The van der Waals surface area contributed by atoms with E-state index in [9.17, 15) is 18.4 Å². The third-order valence-electron chi connectivity index (χ3n) is 2.07. The largest absolute Gasteiger partial charge is 0.462 e.